The van der Waals surface area contributed by atoms with Crippen LogP contribution in [0.1, 0.15) is 39.5 Å². The van der Waals surface area contributed by atoms with Crippen LogP contribution in [0.5, 0.6) is 0 Å². The monoisotopic (exact) mass is 1010 g/mol. The molecular formula is C43H78N16O12. The molecule has 71 heavy (non-hydrogen) atoms. The van der Waals surface area contributed by atoms with Gasteiger partial charge in [0.2, 0.25) is 70.9 Å². The molecular weight excluding hydrogens is 933 g/mol. The van der Waals surface area contributed by atoms with Gasteiger partial charge in [-0.25, -0.2) is 0 Å². The summed E-state index contributed by atoms with van der Waals surface area (Å²) in [4.78, 5) is 167. The predicted molar refractivity (Wildman–Crippen MR) is 260 cm³/mol. The SMILES string of the molecule is C[C@H](CCCCN=C(N)N)NC(=O)[C@H](C)NC(=O)CN(C)C(=O)CN(C)C(=O)CN(C)C(=O)CN(C)C(=O)CN(C)C(=O)CN(C)C(=O)CN(C)C(=O)CN(C)C(=O)CN(C)C(=O)CN(C)C(=O)CCN. The van der Waals surface area contributed by atoms with E-state index in [1.165, 1.54) is 82.3 Å². The molecule has 0 aliphatic carbocycles. The van der Waals surface area contributed by atoms with Gasteiger partial charge >= 0.3 is 0 Å². The molecule has 12 amide bonds. The highest BCUT2D eigenvalue weighted by Gasteiger charge is 2.27. The largest absolute Gasteiger partial charge is 0.370 e. The summed E-state index contributed by atoms with van der Waals surface area (Å²) in [5, 5.41) is 5.36. The Morgan fingerprint density at radius 3 is 0.944 bits per heavy atom. The van der Waals surface area contributed by atoms with E-state index in [4.69, 9.17) is 17.2 Å². The van der Waals surface area contributed by atoms with Gasteiger partial charge in [-0.2, -0.15) is 0 Å². The maximum atomic E-state index is 13.0. The molecule has 0 spiro atoms. The summed E-state index contributed by atoms with van der Waals surface area (Å²) in [6.07, 6.45) is 2.23. The average molecular weight is 1010 g/mol. The van der Waals surface area contributed by atoms with Gasteiger partial charge in [0.15, 0.2) is 5.96 Å². The van der Waals surface area contributed by atoms with Crippen LogP contribution < -0.4 is 27.8 Å². The Morgan fingerprint density at radius 2 is 0.676 bits per heavy atom. The smallest absolute Gasteiger partial charge is 0.242 e. The number of carbonyl (C=O) groups is 12. The zero-order chi connectivity index (χ0) is 54.9. The van der Waals surface area contributed by atoms with Crippen LogP contribution in [0.4, 0.5) is 0 Å². The first-order valence-corrected chi connectivity index (χ1v) is 22.7. The molecule has 0 aliphatic heterocycles. The van der Waals surface area contributed by atoms with E-state index in [2.05, 4.69) is 15.6 Å². The Bertz CT molecular complexity index is 1930. The number of unbranched alkanes of at least 4 members (excludes halogenated alkanes) is 1. The second kappa shape index (κ2) is 31.9. The fraction of sp³-hybridized carbons (Fsp3) is 0.698. The highest BCUT2D eigenvalue weighted by molar-refractivity contribution is 5.94. The van der Waals surface area contributed by atoms with E-state index in [1.54, 1.807) is 0 Å². The second-order valence-corrected chi connectivity index (χ2v) is 17.5. The Labute approximate surface area is 416 Å². The van der Waals surface area contributed by atoms with E-state index in [1.807, 2.05) is 6.92 Å². The minimum atomic E-state index is -0.890. The molecule has 2 atom stereocenters. The third-order valence-corrected chi connectivity index (χ3v) is 10.8. The minimum absolute atomic E-state index is 0.0126. The van der Waals surface area contributed by atoms with Crippen molar-refractivity contribution in [3.8, 4) is 0 Å². The van der Waals surface area contributed by atoms with Crippen LogP contribution in [0.25, 0.3) is 0 Å². The van der Waals surface area contributed by atoms with Crippen molar-refractivity contribution in [2.24, 2.45) is 22.2 Å². The number of amides is 12. The summed E-state index contributed by atoms with van der Waals surface area (Å²) in [5.74, 6) is -6.77. The standard InChI is InChI=1S/C43H78N16O12/c1-29(15-13-14-18-47-43(45)46)48-42(71)30(2)49-31(60)19-50(3)33(62)21-52(5)35(64)23-54(7)37(66)25-56(9)39(68)27-58(11)41(70)28-59(12)40(69)26-57(10)38(67)24-55(8)36(65)22-53(6)34(63)20-51(4)32(61)16-17-44/h29-30H,13-28,44H2,1-12H3,(H,48,71)(H,49,60)(H4,45,46,47)/t29-,30+/m1/s1. The predicted octanol–water partition coefficient (Wildman–Crippen LogP) is -6.63. The quantitative estimate of drug-likeness (QED) is 0.0254. The van der Waals surface area contributed by atoms with E-state index in [-0.39, 0.29) is 44.0 Å². The fourth-order valence-electron chi connectivity index (χ4n) is 5.89. The van der Waals surface area contributed by atoms with E-state index in [0.717, 1.165) is 56.9 Å². The molecule has 0 aromatic rings. The van der Waals surface area contributed by atoms with Crippen LogP contribution in [0.15, 0.2) is 4.99 Å². The van der Waals surface area contributed by atoms with Crippen LogP contribution in [-0.2, 0) is 57.5 Å². The molecule has 0 aromatic carbocycles. The zero-order valence-corrected chi connectivity index (χ0v) is 43.5. The zero-order valence-electron chi connectivity index (χ0n) is 43.5. The highest BCUT2D eigenvalue weighted by Crippen LogP contribution is 2.03. The van der Waals surface area contributed by atoms with Crippen LogP contribution in [0, 0.1) is 0 Å². The Kier molecular flexibility index (Phi) is 28.7. The molecule has 28 heteroatoms. The molecule has 0 aliphatic rings. The van der Waals surface area contributed by atoms with Crippen molar-refractivity contribution in [3.05, 3.63) is 0 Å². The number of nitrogens with one attached hydrogen (secondary N) is 2. The summed E-state index contributed by atoms with van der Waals surface area (Å²) >= 11 is 0. The Balaban J connectivity index is 4.87. The molecule has 0 fully saturated rings. The van der Waals surface area contributed by atoms with Gasteiger partial charge in [-0.1, -0.05) is 0 Å². The summed E-state index contributed by atoms with van der Waals surface area (Å²) in [5.41, 5.74) is 16.0. The molecule has 0 saturated heterocycles. The van der Waals surface area contributed by atoms with E-state index in [9.17, 15) is 57.5 Å². The second-order valence-electron chi connectivity index (χ2n) is 17.5. The van der Waals surface area contributed by atoms with Crippen molar-refractivity contribution in [2.75, 3.05) is 149 Å². The lowest BCUT2D eigenvalue weighted by Gasteiger charge is -2.27. The summed E-state index contributed by atoms with van der Waals surface area (Å²) in [6.45, 7) is -0.272. The van der Waals surface area contributed by atoms with Gasteiger partial charge < -0.3 is 76.8 Å². The molecule has 0 radical (unpaired) electrons. The van der Waals surface area contributed by atoms with Crippen molar-refractivity contribution in [2.45, 2.75) is 51.6 Å². The molecule has 8 N–H and O–H groups in total. The van der Waals surface area contributed by atoms with Gasteiger partial charge in [0.05, 0.1) is 65.4 Å². The van der Waals surface area contributed by atoms with E-state index < -0.39 is 123 Å². The van der Waals surface area contributed by atoms with Crippen molar-refractivity contribution < 1.29 is 57.5 Å². The molecule has 0 saturated carbocycles. The average Bonchev–Trinajstić information content (AvgIpc) is 3.27. The first kappa shape index (κ1) is 63.9. The van der Waals surface area contributed by atoms with Crippen LogP contribution in [0.3, 0.4) is 0 Å². The number of carbonyl (C=O) groups excluding carboxylic acids is 12. The number of hydrogen-bond donors (Lipinski definition) is 5. The molecule has 0 heterocycles. The van der Waals surface area contributed by atoms with Gasteiger partial charge in [-0.3, -0.25) is 62.5 Å². The van der Waals surface area contributed by atoms with Crippen LogP contribution >= 0.6 is 0 Å². The number of likely N-dealkylation sites (N-methyl/N-ethyl adjacent to an activating group) is 10. The number of guanidine groups is 1. The first-order chi connectivity index (χ1) is 32.9. The van der Waals surface area contributed by atoms with Crippen molar-refractivity contribution in [3.63, 3.8) is 0 Å². The van der Waals surface area contributed by atoms with Crippen molar-refractivity contribution in [1.29, 1.82) is 0 Å². The third-order valence-electron chi connectivity index (χ3n) is 10.8. The van der Waals surface area contributed by atoms with Gasteiger partial charge in [-0.15, -0.1) is 0 Å². The van der Waals surface area contributed by atoms with E-state index >= 15 is 0 Å². The number of rotatable bonds is 30. The first-order valence-electron chi connectivity index (χ1n) is 22.7. The Hall–Kier alpha value is -7.13. The number of hydrogen-bond acceptors (Lipinski definition) is 14. The molecule has 0 unspecified atom stereocenters. The lowest BCUT2D eigenvalue weighted by molar-refractivity contribution is -0.146. The van der Waals surface area contributed by atoms with Gasteiger partial charge in [0.25, 0.3) is 0 Å². The van der Waals surface area contributed by atoms with Gasteiger partial charge in [-0.05, 0) is 33.1 Å². The number of aliphatic imine (C=N–C) groups is 1. The maximum Gasteiger partial charge on any atom is 0.242 e. The van der Waals surface area contributed by atoms with Gasteiger partial charge in [0.1, 0.15) is 6.04 Å². The van der Waals surface area contributed by atoms with E-state index in [0.29, 0.717) is 13.0 Å². The lowest BCUT2D eigenvalue weighted by Crippen LogP contribution is -2.51. The molecule has 402 valence electrons. The number of nitrogens with zero attached hydrogens (tertiary/aromatic N) is 11. The molecule has 0 aromatic heterocycles. The van der Waals surface area contributed by atoms with Crippen molar-refractivity contribution >= 4 is 76.8 Å². The summed E-state index contributed by atoms with van der Waals surface area (Å²) < 4.78 is 0. The van der Waals surface area contributed by atoms with Crippen LogP contribution in [0.2, 0.25) is 0 Å². The Morgan fingerprint density at radius 1 is 0.408 bits per heavy atom. The summed E-state index contributed by atoms with van der Waals surface area (Å²) in [7, 11) is 13.5. The normalized spacial score (nSPS) is 11.3. The number of nitrogens with two attached hydrogens (primary N) is 3. The van der Waals surface area contributed by atoms with Crippen molar-refractivity contribution in [1.82, 2.24) is 59.6 Å². The molecule has 0 rings (SSSR count). The fourth-order valence-corrected chi connectivity index (χ4v) is 5.89. The third kappa shape index (κ3) is 25.3. The topological polar surface area (TPSA) is 352 Å². The minimum Gasteiger partial charge on any atom is -0.370 e. The summed E-state index contributed by atoms with van der Waals surface area (Å²) in [6, 6.07) is -1.06. The maximum absolute atomic E-state index is 13.0. The molecule has 0 bridgehead atoms. The molecule has 28 nitrogen and oxygen atoms in total. The van der Waals surface area contributed by atoms with Gasteiger partial charge in [0, 0.05) is 96.0 Å². The lowest BCUT2D eigenvalue weighted by atomic mass is 10.1. The van der Waals surface area contributed by atoms with Crippen LogP contribution in [-0.4, -0.2) is 287 Å². The highest BCUT2D eigenvalue weighted by atomic mass is 16.2.